The molecule has 2 bridgehead atoms. The number of pyridine rings is 2. The van der Waals surface area contributed by atoms with Gasteiger partial charge in [0, 0.05) is 35.3 Å². The van der Waals surface area contributed by atoms with Gasteiger partial charge in [0.15, 0.2) is 11.5 Å². The van der Waals surface area contributed by atoms with Crippen molar-refractivity contribution in [3.8, 4) is 23.3 Å². The highest BCUT2D eigenvalue weighted by Gasteiger charge is 2.41. The Bertz CT molecular complexity index is 1610. The topological polar surface area (TPSA) is 89.3 Å². The van der Waals surface area contributed by atoms with Gasteiger partial charge >= 0.3 is 0 Å². The van der Waals surface area contributed by atoms with Crippen LogP contribution in [0.25, 0.3) is 10.9 Å². The Balaban J connectivity index is 1.25. The van der Waals surface area contributed by atoms with Gasteiger partial charge in [0.2, 0.25) is 0 Å². The van der Waals surface area contributed by atoms with Crippen LogP contribution in [-0.4, -0.2) is 23.7 Å². The van der Waals surface area contributed by atoms with Gasteiger partial charge < -0.3 is 19.5 Å². The SMILES string of the molecule is COc1cc2c(Nc3ccc(OCc4ncccc4C)cc3Cl)c(C#N)cnc2cc1OCC12CCC(CC1)CC2. The minimum Gasteiger partial charge on any atom is -0.493 e. The van der Waals surface area contributed by atoms with Crippen LogP contribution in [-0.2, 0) is 6.61 Å². The second-order valence-corrected chi connectivity index (χ2v) is 11.7. The molecule has 0 atom stereocenters. The molecule has 0 radical (unpaired) electrons. The Hall–Kier alpha value is -4.02. The zero-order valence-electron chi connectivity index (χ0n) is 23.4. The molecule has 7 nitrogen and oxygen atoms in total. The molecule has 210 valence electrons. The number of halogens is 1. The average Bonchev–Trinajstić information content (AvgIpc) is 3.01. The van der Waals surface area contributed by atoms with Crippen molar-refractivity contribution in [1.82, 2.24) is 9.97 Å². The van der Waals surface area contributed by atoms with Gasteiger partial charge in [0.05, 0.1) is 46.9 Å². The summed E-state index contributed by atoms with van der Waals surface area (Å²) in [5, 5.41) is 14.5. The normalized spacial score (nSPS) is 19.5. The van der Waals surface area contributed by atoms with Gasteiger partial charge in [0.25, 0.3) is 0 Å². The first-order valence-corrected chi connectivity index (χ1v) is 14.5. The summed E-state index contributed by atoms with van der Waals surface area (Å²) < 4.78 is 18.1. The maximum Gasteiger partial charge on any atom is 0.163 e. The van der Waals surface area contributed by atoms with E-state index in [9.17, 15) is 5.26 Å². The fourth-order valence-electron chi connectivity index (χ4n) is 6.12. The van der Waals surface area contributed by atoms with Gasteiger partial charge in [0.1, 0.15) is 18.4 Å². The number of aromatic nitrogens is 2. The molecular formula is C33H33ClN4O3. The van der Waals surface area contributed by atoms with Crippen molar-refractivity contribution < 1.29 is 14.2 Å². The molecule has 0 spiro atoms. The monoisotopic (exact) mass is 568 g/mol. The van der Waals surface area contributed by atoms with Crippen molar-refractivity contribution in [3.05, 3.63) is 76.7 Å². The molecule has 3 saturated carbocycles. The summed E-state index contributed by atoms with van der Waals surface area (Å²) >= 11 is 6.67. The quantitative estimate of drug-likeness (QED) is 0.218. The van der Waals surface area contributed by atoms with Crippen molar-refractivity contribution in [2.24, 2.45) is 11.3 Å². The lowest BCUT2D eigenvalue weighted by Gasteiger charge is -2.46. The minimum atomic E-state index is 0.266. The zero-order chi connectivity index (χ0) is 28.4. The van der Waals surface area contributed by atoms with Crippen LogP contribution in [0.4, 0.5) is 11.4 Å². The molecule has 4 aromatic rings. The lowest BCUT2D eigenvalue weighted by Crippen LogP contribution is -2.38. The maximum absolute atomic E-state index is 9.89. The third kappa shape index (κ3) is 5.62. The number of nitrogens with zero attached hydrogens (tertiary/aromatic N) is 3. The Labute approximate surface area is 245 Å². The summed E-state index contributed by atoms with van der Waals surface area (Å²) in [6.45, 7) is 3.03. The van der Waals surface area contributed by atoms with E-state index in [0.29, 0.717) is 57.9 Å². The lowest BCUT2D eigenvalue weighted by atomic mass is 9.61. The molecule has 41 heavy (non-hydrogen) atoms. The molecule has 3 aliphatic rings. The number of nitriles is 1. The maximum atomic E-state index is 9.89. The number of anilines is 2. The first-order chi connectivity index (χ1) is 20.0. The number of hydrogen-bond donors (Lipinski definition) is 1. The number of methoxy groups -OCH3 is 1. The van der Waals surface area contributed by atoms with Gasteiger partial charge in [-0.25, -0.2) is 0 Å². The van der Waals surface area contributed by atoms with Gasteiger partial charge in [-0.15, -0.1) is 0 Å². The van der Waals surface area contributed by atoms with Gasteiger partial charge in [-0.2, -0.15) is 5.26 Å². The van der Waals surface area contributed by atoms with E-state index >= 15 is 0 Å². The van der Waals surface area contributed by atoms with Crippen LogP contribution in [0.5, 0.6) is 17.2 Å². The second-order valence-electron chi connectivity index (χ2n) is 11.3. The van der Waals surface area contributed by atoms with Crippen LogP contribution in [0.1, 0.15) is 55.3 Å². The van der Waals surface area contributed by atoms with Gasteiger partial charge in [-0.3, -0.25) is 9.97 Å². The summed E-state index contributed by atoms with van der Waals surface area (Å²) in [6.07, 6.45) is 11.0. The highest BCUT2D eigenvalue weighted by Crippen LogP contribution is 2.51. The number of benzene rings is 2. The molecule has 0 unspecified atom stereocenters. The van der Waals surface area contributed by atoms with E-state index in [1.165, 1.54) is 38.5 Å². The third-order valence-electron chi connectivity index (χ3n) is 8.75. The second kappa shape index (κ2) is 11.5. The number of aryl methyl sites for hydroxylation is 1. The average molecular weight is 569 g/mol. The van der Waals surface area contributed by atoms with Crippen molar-refractivity contribution in [2.75, 3.05) is 19.0 Å². The molecule has 2 aromatic heterocycles. The van der Waals surface area contributed by atoms with Crippen LogP contribution >= 0.6 is 11.6 Å². The van der Waals surface area contributed by atoms with Crippen molar-refractivity contribution >= 4 is 33.9 Å². The molecule has 7 rings (SSSR count). The van der Waals surface area contributed by atoms with Crippen LogP contribution in [0, 0.1) is 29.6 Å². The Kier molecular flexibility index (Phi) is 7.59. The lowest BCUT2D eigenvalue weighted by molar-refractivity contribution is 0.0184. The van der Waals surface area contributed by atoms with E-state index in [1.54, 1.807) is 25.6 Å². The molecule has 8 heteroatoms. The number of ether oxygens (including phenoxy) is 3. The molecular weight excluding hydrogens is 536 g/mol. The first kappa shape index (κ1) is 27.2. The highest BCUT2D eigenvalue weighted by molar-refractivity contribution is 6.33. The third-order valence-corrected chi connectivity index (χ3v) is 9.06. The number of nitrogens with one attached hydrogen (secondary N) is 1. The Morgan fingerprint density at radius 3 is 2.56 bits per heavy atom. The van der Waals surface area contributed by atoms with Crippen LogP contribution in [0.2, 0.25) is 5.02 Å². The summed E-state index contributed by atoms with van der Waals surface area (Å²) in [7, 11) is 1.63. The fraction of sp³-hybridized carbons (Fsp3) is 0.364. The molecule has 3 fully saturated rings. The van der Waals surface area contributed by atoms with E-state index in [2.05, 4.69) is 21.4 Å². The van der Waals surface area contributed by atoms with Crippen molar-refractivity contribution in [1.29, 1.82) is 5.26 Å². The number of rotatable bonds is 9. The Morgan fingerprint density at radius 2 is 1.85 bits per heavy atom. The highest BCUT2D eigenvalue weighted by atomic mass is 35.5. The zero-order valence-corrected chi connectivity index (χ0v) is 24.1. The van der Waals surface area contributed by atoms with Crippen LogP contribution in [0.15, 0.2) is 54.9 Å². The van der Waals surface area contributed by atoms with E-state index in [4.69, 9.17) is 25.8 Å². The smallest absolute Gasteiger partial charge is 0.163 e. The van der Waals surface area contributed by atoms with Gasteiger partial charge in [-0.1, -0.05) is 17.7 Å². The van der Waals surface area contributed by atoms with E-state index in [-0.39, 0.29) is 5.41 Å². The van der Waals surface area contributed by atoms with E-state index in [1.807, 2.05) is 43.3 Å². The van der Waals surface area contributed by atoms with E-state index in [0.717, 1.165) is 22.6 Å². The van der Waals surface area contributed by atoms with Gasteiger partial charge in [-0.05, 0) is 81.2 Å². The number of fused-ring (bicyclic) bond motifs is 4. The number of hydrogen-bond acceptors (Lipinski definition) is 7. The summed E-state index contributed by atoms with van der Waals surface area (Å²) in [5.41, 5.74) is 4.55. The Morgan fingerprint density at radius 1 is 1.05 bits per heavy atom. The predicted octanol–water partition coefficient (Wildman–Crippen LogP) is 8.14. The predicted molar refractivity (Wildman–Crippen MR) is 160 cm³/mol. The fourth-order valence-corrected chi connectivity index (χ4v) is 6.34. The molecule has 2 heterocycles. The summed E-state index contributed by atoms with van der Waals surface area (Å²) in [6, 6.07) is 15.4. The largest absolute Gasteiger partial charge is 0.493 e. The van der Waals surface area contributed by atoms with Crippen molar-refractivity contribution in [3.63, 3.8) is 0 Å². The summed E-state index contributed by atoms with van der Waals surface area (Å²) in [5.74, 6) is 2.82. The molecule has 0 saturated heterocycles. The molecule has 0 aliphatic heterocycles. The van der Waals surface area contributed by atoms with Crippen LogP contribution in [0.3, 0.4) is 0 Å². The van der Waals surface area contributed by atoms with Crippen LogP contribution < -0.4 is 19.5 Å². The molecule has 2 aromatic carbocycles. The molecule has 3 aliphatic carbocycles. The van der Waals surface area contributed by atoms with Crippen molar-refractivity contribution in [2.45, 2.75) is 52.1 Å². The minimum absolute atomic E-state index is 0.266. The first-order valence-electron chi connectivity index (χ1n) is 14.1. The molecule has 0 amide bonds. The summed E-state index contributed by atoms with van der Waals surface area (Å²) in [4.78, 5) is 8.95. The molecule has 1 N–H and O–H groups in total. The van der Waals surface area contributed by atoms with E-state index < -0.39 is 0 Å². The standard InChI is InChI=1S/C33H33ClN4O3/c1-21-4-3-13-36-29(21)19-40-24-5-6-27(26(34)14-24)38-32-23(17-35)18-37-28-16-31(30(39-2)15-25(28)32)41-20-33-10-7-22(8-11-33)9-12-33/h3-6,13-16,18,22H,7-12,19-20H2,1-2H3,(H,37,38).